The number of hydrogen-bond acceptors (Lipinski definition) is 2. The van der Waals surface area contributed by atoms with Crippen LogP contribution < -0.4 is 0 Å². The van der Waals surface area contributed by atoms with E-state index in [1.807, 2.05) is 18.4 Å². The van der Waals surface area contributed by atoms with Crippen LogP contribution in [0.1, 0.15) is 0 Å². The first-order chi connectivity index (χ1) is 4.72. The summed E-state index contributed by atoms with van der Waals surface area (Å²) in [6, 6.07) is 3.96. The Balaban J connectivity index is 3.06. The van der Waals surface area contributed by atoms with Gasteiger partial charge in [-0.2, -0.15) is 0 Å². The van der Waals surface area contributed by atoms with E-state index in [0.717, 1.165) is 9.21 Å². The number of thioether (sulfide) groups is 1. The molecule has 0 atom stereocenters. The van der Waals surface area contributed by atoms with Crippen LogP contribution in [0.4, 0.5) is 0 Å². The van der Waals surface area contributed by atoms with Gasteiger partial charge in [0.25, 0.3) is 0 Å². The molecule has 0 saturated carbocycles. The van der Waals surface area contributed by atoms with Crippen molar-refractivity contribution in [3.05, 3.63) is 21.3 Å². The molecule has 0 N–H and O–H groups in total. The summed E-state index contributed by atoms with van der Waals surface area (Å²) < 4.78 is 1.73. The van der Waals surface area contributed by atoms with E-state index in [1.165, 1.54) is 4.90 Å². The second-order valence-electron chi connectivity index (χ2n) is 1.65. The lowest BCUT2D eigenvalue weighted by molar-refractivity contribution is 1.18. The van der Waals surface area contributed by atoms with Crippen molar-refractivity contribution in [2.24, 2.45) is 0 Å². The van der Waals surface area contributed by atoms with Gasteiger partial charge in [-0.1, -0.05) is 0 Å². The molecule has 0 aromatic carbocycles. The van der Waals surface area contributed by atoms with Gasteiger partial charge >= 0.3 is 0 Å². The molecule has 4 heteroatoms. The topological polar surface area (TPSA) is 12.9 Å². The Morgan fingerprint density at radius 2 is 1.80 bits per heavy atom. The highest BCUT2D eigenvalue weighted by Gasteiger charge is 1.95. The van der Waals surface area contributed by atoms with Gasteiger partial charge in [-0.05, 0) is 50.2 Å². The Bertz CT molecular complexity index is 219. The van der Waals surface area contributed by atoms with Gasteiger partial charge in [0.1, 0.15) is 9.21 Å². The monoisotopic (exact) mass is 281 g/mol. The van der Waals surface area contributed by atoms with Crippen molar-refractivity contribution in [2.45, 2.75) is 4.90 Å². The maximum Gasteiger partial charge on any atom is 0.108 e. The lowest BCUT2D eigenvalue weighted by Gasteiger charge is -1.96. The summed E-state index contributed by atoms with van der Waals surface area (Å²) >= 11 is 8.30. The average Bonchev–Trinajstić information content (AvgIpc) is 1.85. The highest BCUT2D eigenvalue weighted by atomic mass is 79.9. The first-order valence-corrected chi connectivity index (χ1v) is 5.40. The van der Waals surface area contributed by atoms with E-state index in [4.69, 9.17) is 0 Å². The molecule has 0 fully saturated rings. The largest absolute Gasteiger partial charge is 0.234 e. The summed E-state index contributed by atoms with van der Waals surface area (Å²) in [5.41, 5.74) is 0. The summed E-state index contributed by atoms with van der Waals surface area (Å²) in [6.45, 7) is 0. The molecule has 1 heterocycles. The summed E-state index contributed by atoms with van der Waals surface area (Å²) in [4.78, 5) is 5.30. The number of hydrogen-bond donors (Lipinski definition) is 0. The molecule has 10 heavy (non-hydrogen) atoms. The molecule has 54 valence electrons. The minimum Gasteiger partial charge on any atom is -0.234 e. The number of halogens is 2. The van der Waals surface area contributed by atoms with Crippen LogP contribution in [0, 0.1) is 0 Å². The third-order valence-electron chi connectivity index (χ3n) is 0.972. The lowest BCUT2D eigenvalue weighted by atomic mass is 10.5. The molecule has 0 aliphatic heterocycles. The fourth-order valence-corrected chi connectivity index (χ4v) is 2.44. The van der Waals surface area contributed by atoms with E-state index in [1.54, 1.807) is 11.8 Å². The summed E-state index contributed by atoms with van der Waals surface area (Å²) in [6.07, 6.45) is 2.04. The van der Waals surface area contributed by atoms with E-state index >= 15 is 0 Å². The molecular weight excluding hydrogens is 278 g/mol. The third-order valence-corrected chi connectivity index (χ3v) is 2.49. The Morgan fingerprint density at radius 1 is 1.30 bits per heavy atom. The summed E-state index contributed by atoms with van der Waals surface area (Å²) in [5, 5.41) is 0. The Kier molecular flexibility index (Phi) is 3.20. The van der Waals surface area contributed by atoms with Gasteiger partial charge in [0.05, 0.1) is 0 Å². The Hall–Kier alpha value is 0.460. The van der Waals surface area contributed by atoms with Gasteiger partial charge in [0, 0.05) is 4.90 Å². The first-order valence-electron chi connectivity index (χ1n) is 2.59. The fourth-order valence-electron chi connectivity index (χ4n) is 0.561. The quantitative estimate of drug-likeness (QED) is 0.579. The van der Waals surface area contributed by atoms with Crippen molar-refractivity contribution >= 4 is 43.6 Å². The van der Waals surface area contributed by atoms with Gasteiger partial charge in [-0.25, -0.2) is 4.98 Å². The van der Waals surface area contributed by atoms with Crippen LogP contribution in [-0.4, -0.2) is 11.2 Å². The number of rotatable bonds is 1. The van der Waals surface area contributed by atoms with Crippen LogP contribution in [0.2, 0.25) is 0 Å². The number of pyridine rings is 1. The molecule has 0 saturated heterocycles. The highest BCUT2D eigenvalue weighted by Crippen LogP contribution is 2.21. The molecule has 0 spiro atoms. The Labute approximate surface area is 80.9 Å². The molecule has 1 rings (SSSR count). The zero-order chi connectivity index (χ0) is 7.56. The standard InChI is InChI=1S/C6H5Br2NS/c1-10-4-2-5(7)9-6(8)3-4/h2-3H,1H3. The maximum absolute atomic E-state index is 4.10. The SMILES string of the molecule is CSc1cc(Br)nc(Br)c1. The molecule has 0 aliphatic carbocycles. The predicted octanol–water partition coefficient (Wildman–Crippen LogP) is 3.33. The molecule has 1 aromatic heterocycles. The van der Waals surface area contributed by atoms with Crippen molar-refractivity contribution in [2.75, 3.05) is 6.26 Å². The molecule has 0 bridgehead atoms. The number of aromatic nitrogens is 1. The van der Waals surface area contributed by atoms with Crippen LogP contribution in [0.25, 0.3) is 0 Å². The van der Waals surface area contributed by atoms with Crippen LogP contribution >= 0.6 is 43.6 Å². The summed E-state index contributed by atoms with van der Waals surface area (Å²) in [5.74, 6) is 0. The van der Waals surface area contributed by atoms with Crippen LogP contribution in [0.15, 0.2) is 26.2 Å². The van der Waals surface area contributed by atoms with Gasteiger partial charge in [-0.3, -0.25) is 0 Å². The van der Waals surface area contributed by atoms with Crippen LogP contribution in [-0.2, 0) is 0 Å². The molecule has 0 radical (unpaired) electrons. The molecule has 0 amide bonds. The molecule has 1 nitrogen and oxygen atoms in total. The average molecular weight is 283 g/mol. The molecule has 1 aromatic rings. The summed E-state index contributed by atoms with van der Waals surface area (Å²) in [7, 11) is 0. The van der Waals surface area contributed by atoms with E-state index in [9.17, 15) is 0 Å². The second-order valence-corrected chi connectivity index (χ2v) is 4.16. The maximum atomic E-state index is 4.10. The van der Waals surface area contributed by atoms with E-state index in [-0.39, 0.29) is 0 Å². The normalized spacial score (nSPS) is 9.90. The highest BCUT2D eigenvalue weighted by molar-refractivity contribution is 9.11. The number of nitrogens with zero attached hydrogens (tertiary/aromatic N) is 1. The molecule has 0 aliphatic rings. The molecular formula is C6H5Br2NS. The van der Waals surface area contributed by atoms with Gasteiger partial charge in [0.2, 0.25) is 0 Å². The fraction of sp³-hybridized carbons (Fsp3) is 0.167. The van der Waals surface area contributed by atoms with Crippen molar-refractivity contribution in [3.63, 3.8) is 0 Å². The van der Waals surface area contributed by atoms with Crippen LogP contribution in [0.5, 0.6) is 0 Å². The van der Waals surface area contributed by atoms with Crippen LogP contribution in [0.3, 0.4) is 0 Å². The van der Waals surface area contributed by atoms with Gasteiger partial charge in [-0.15, -0.1) is 11.8 Å². The lowest BCUT2D eigenvalue weighted by Crippen LogP contribution is -1.78. The van der Waals surface area contributed by atoms with Gasteiger partial charge in [0.15, 0.2) is 0 Å². The smallest absolute Gasteiger partial charge is 0.108 e. The minimum absolute atomic E-state index is 0.867. The predicted molar refractivity (Wildman–Crippen MR) is 51.4 cm³/mol. The first kappa shape index (κ1) is 8.56. The van der Waals surface area contributed by atoms with Crippen molar-refractivity contribution in [1.29, 1.82) is 0 Å². The zero-order valence-electron chi connectivity index (χ0n) is 5.27. The van der Waals surface area contributed by atoms with Crippen molar-refractivity contribution < 1.29 is 0 Å². The third kappa shape index (κ3) is 2.25. The van der Waals surface area contributed by atoms with E-state index in [0.29, 0.717) is 0 Å². The minimum atomic E-state index is 0.867. The Morgan fingerprint density at radius 3 is 2.20 bits per heavy atom. The van der Waals surface area contributed by atoms with Crippen molar-refractivity contribution in [1.82, 2.24) is 4.98 Å². The van der Waals surface area contributed by atoms with Gasteiger partial charge < -0.3 is 0 Å². The van der Waals surface area contributed by atoms with E-state index < -0.39 is 0 Å². The van der Waals surface area contributed by atoms with Crippen molar-refractivity contribution in [3.8, 4) is 0 Å². The zero-order valence-corrected chi connectivity index (χ0v) is 9.25. The second kappa shape index (κ2) is 3.74. The van der Waals surface area contributed by atoms with E-state index in [2.05, 4.69) is 36.8 Å². The molecule has 0 unspecified atom stereocenters.